The van der Waals surface area contributed by atoms with Gasteiger partial charge in [-0.1, -0.05) is 30.3 Å². The normalized spacial score (nSPS) is 19.4. The van der Waals surface area contributed by atoms with Gasteiger partial charge < -0.3 is 5.32 Å². The van der Waals surface area contributed by atoms with E-state index in [0.29, 0.717) is 11.3 Å². The number of anilines is 1. The Labute approximate surface area is 152 Å². The third-order valence-corrected chi connectivity index (χ3v) is 5.09. The molecule has 1 aliphatic carbocycles. The summed E-state index contributed by atoms with van der Waals surface area (Å²) in [7, 11) is 0. The molecule has 2 aromatic carbocycles. The van der Waals surface area contributed by atoms with E-state index >= 15 is 0 Å². The minimum Gasteiger partial charge on any atom is -0.345 e. The van der Waals surface area contributed by atoms with Crippen molar-refractivity contribution in [3.8, 4) is 0 Å². The molecule has 4 rings (SSSR count). The van der Waals surface area contributed by atoms with Crippen molar-refractivity contribution >= 4 is 23.4 Å². The number of nitrogens with zero attached hydrogens (tertiary/aromatic N) is 1. The summed E-state index contributed by atoms with van der Waals surface area (Å²) in [5.41, 5.74) is 3.38. The van der Waals surface area contributed by atoms with E-state index in [1.807, 2.05) is 12.1 Å². The fourth-order valence-corrected chi connectivity index (χ4v) is 3.80. The van der Waals surface area contributed by atoms with Crippen molar-refractivity contribution in [2.45, 2.75) is 38.1 Å². The second-order valence-electron chi connectivity index (χ2n) is 6.79. The molecule has 0 bridgehead atoms. The maximum absolute atomic E-state index is 12.8. The molecule has 2 aromatic rings. The minimum absolute atomic E-state index is 0.00819. The van der Waals surface area contributed by atoms with Crippen LogP contribution in [0, 0.1) is 0 Å². The van der Waals surface area contributed by atoms with Gasteiger partial charge in [0, 0.05) is 18.4 Å². The number of aryl methyl sites for hydroxylation is 1. The number of nitrogens with one attached hydrogen (secondary N) is 1. The molecule has 26 heavy (non-hydrogen) atoms. The average Bonchev–Trinajstić information content (AvgIpc) is 3.00. The molecule has 2 aliphatic rings. The van der Waals surface area contributed by atoms with E-state index in [2.05, 4.69) is 17.4 Å². The molecule has 1 atom stereocenters. The van der Waals surface area contributed by atoms with Crippen LogP contribution in [0.25, 0.3) is 0 Å². The quantitative estimate of drug-likeness (QED) is 0.867. The highest BCUT2D eigenvalue weighted by atomic mass is 16.2. The Kier molecular flexibility index (Phi) is 4.29. The van der Waals surface area contributed by atoms with E-state index in [1.54, 1.807) is 24.3 Å². The molecular weight excluding hydrogens is 328 g/mol. The standard InChI is InChI=1S/C21H20N2O3/c24-19-11-12-20(25)23(19)16-8-3-7-15(13-16)21(26)22-18-10-4-6-14-5-1-2-9-17(14)18/h1-3,5,7-9,13,18H,4,6,10-12H2,(H,22,26)/t18-/m0/s1. The fraction of sp³-hybridized carbons (Fsp3) is 0.286. The number of hydrogen-bond acceptors (Lipinski definition) is 3. The van der Waals surface area contributed by atoms with Crippen LogP contribution < -0.4 is 10.2 Å². The second-order valence-corrected chi connectivity index (χ2v) is 6.79. The molecule has 0 unspecified atom stereocenters. The van der Waals surface area contributed by atoms with E-state index in [-0.39, 0.29) is 36.6 Å². The first-order chi connectivity index (χ1) is 12.6. The van der Waals surface area contributed by atoms with Crippen LogP contribution >= 0.6 is 0 Å². The lowest BCUT2D eigenvalue weighted by Crippen LogP contribution is -2.32. The molecular formula is C21H20N2O3. The van der Waals surface area contributed by atoms with Gasteiger partial charge in [0.25, 0.3) is 5.91 Å². The minimum atomic E-state index is -0.214. The summed E-state index contributed by atoms with van der Waals surface area (Å²) >= 11 is 0. The summed E-state index contributed by atoms with van der Waals surface area (Å²) in [6, 6.07) is 14.9. The molecule has 132 valence electrons. The molecule has 1 saturated heterocycles. The SMILES string of the molecule is O=C(N[C@H]1CCCc2ccccc21)c1cccc(N2C(=O)CCC2=O)c1. The van der Waals surface area contributed by atoms with Crippen molar-refractivity contribution in [3.63, 3.8) is 0 Å². The van der Waals surface area contributed by atoms with Gasteiger partial charge in [-0.25, -0.2) is 0 Å². The molecule has 1 heterocycles. The van der Waals surface area contributed by atoms with E-state index in [0.717, 1.165) is 19.3 Å². The summed E-state index contributed by atoms with van der Waals surface area (Å²) in [6.07, 6.45) is 3.45. The van der Waals surface area contributed by atoms with Gasteiger partial charge in [-0.2, -0.15) is 0 Å². The van der Waals surface area contributed by atoms with Crippen molar-refractivity contribution in [2.24, 2.45) is 0 Å². The van der Waals surface area contributed by atoms with E-state index < -0.39 is 0 Å². The first-order valence-corrected chi connectivity index (χ1v) is 8.98. The smallest absolute Gasteiger partial charge is 0.251 e. The van der Waals surface area contributed by atoms with Crippen LogP contribution in [0.1, 0.15) is 53.2 Å². The average molecular weight is 348 g/mol. The first-order valence-electron chi connectivity index (χ1n) is 8.98. The molecule has 0 radical (unpaired) electrons. The Balaban J connectivity index is 1.56. The number of hydrogen-bond donors (Lipinski definition) is 1. The number of carbonyl (C=O) groups is 3. The van der Waals surface area contributed by atoms with Crippen molar-refractivity contribution < 1.29 is 14.4 Å². The highest BCUT2D eigenvalue weighted by Gasteiger charge is 2.30. The van der Waals surface area contributed by atoms with Crippen molar-refractivity contribution in [2.75, 3.05) is 4.90 Å². The lowest BCUT2D eigenvalue weighted by Gasteiger charge is -2.26. The zero-order valence-corrected chi connectivity index (χ0v) is 14.4. The lowest BCUT2D eigenvalue weighted by atomic mass is 9.87. The predicted octanol–water partition coefficient (Wildman–Crippen LogP) is 3.15. The maximum Gasteiger partial charge on any atom is 0.251 e. The first kappa shape index (κ1) is 16.5. The monoisotopic (exact) mass is 348 g/mol. The number of amides is 3. The van der Waals surface area contributed by atoms with Crippen LogP contribution in [0.4, 0.5) is 5.69 Å². The Morgan fingerprint density at radius 2 is 1.73 bits per heavy atom. The highest BCUT2D eigenvalue weighted by Crippen LogP contribution is 2.30. The van der Waals surface area contributed by atoms with Crippen LogP contribution in [0.15, 0.2) is 48.5 Å². The number of rotatable bonds is 3. The van der Waals surface area contributed by atoms with Crippen molar-refractivity contribution in [1.29, 1.82) is 0 Å². The summed E-state index contributed by atoms with van der Waals surface area (Å²) in [4.78, 5) is 37.8. The van der Waals surface area contributed by atoms with E-state index in [9.17, 15) is 14.4 Å². The van der Waals surface area contributed by atoms with Crippen molar-refractivity contribution in [3.05, 3.63) is 65.2 Å². The number of fused-ring (bicyclic) bond motifs is 1. The van der Waals surface area contributed by atoms with Gasteiger partial charge in [0.2, 0.25) is 11.8 Å². The predicted molar refractivity (Wildman–Crippen MR) is 97.8 cm³/mol. The number of benzene rings is 2. The Morgan fingerprint density at radius 1 is 0.962 bits per heavy atom. The molecule has 1 fully saturated rings. The van der Waals surface area contributed by atoms with Gasteiger partial charge in [-0.05, 0) is 48.6 Å². The largest absolute Gasteiger partial charge is 0.345 e. The van der Waals surface area contributed by atoms with Crippen LogP contribution in [-0.2, 0) is 16.0 Å². The lowest BCUT2D eigenvalue weighted by molar-refractivity contribution is -0.121. The number of imide groups is 1. The van der Waals surface area contributed by atoms with E-state index in [4.69, 9.17) is 0 Å². The molecule has 5 nitrogen and oxygen atoms in total. The van der Waals surface area contributed by atoms with Crippen molar-refractivity contribution in [1.82, 2.24) is 5.32 Å². The summed E-state index contributed by atoms with van der Waals surface area (Å²) < 4.78 is 0. The van der Waals surface area contributed by atoms with Gasteiger partial charge >= 0.3 is 0 Å². The van der Waals surface area contributed by atoms with Crippen LogP contribution in [0.3, 0.4) is 0 Å². The Bertz CT molecular complexity index is 874. The van der Waals surface area contributed by atoms with Gasteiger partial charge in [-0.15, -0.1) is 0 Å². The van der Waals surface area contributed by atoms with Gasteiger partial charge in [0.05, 0.1) is 11.7 Å². The molecule has 1 N–H and O–H groups in total. The highest BCUT2D eigenvalue weighted by molar-refractivity contribution is 6.20. The summed E-state index contributed by atoms with van der Waals surface area (Å²) in [5.74, 6) is -0.616. The van der Waals surface area contributed by atoms with Crippen LogP contribution in [-0.4, -0.2) is 17.7 Å². The molecule has 1 aliphatic heterocycles. The zero-order chi connectivity index (χ0) is 18.1. The Morgan fingerprint density at radius 3 is 2.54 bits per heavy atom. The van der Waals surface area contributed by atoms with Crippen LogP contribution in [0.5, 0.6) is 0 Å². The maximum atomic E-state index is 12.8. The summed E-state index contributed by atoms with van der Waals surface area (Å²) in [6.45, 7) is 0. The second kappa shape index (κ2) is 6.75. The molecule has 3 amide bonds. The molecule has 5 heteroatoms. The third-order valence-electron chi connectivity index (χ3n) is 5.09. The number of carbonyl (C=O) groups excluding carboxylic acids is 3. The van der Waals surface area contributed by atoms with Crippen LogP contribution in [0.2, 0.25) is 0 Å². The fourth-order valence-electron chi connectivity index (χ4n) is 3.80. The zero-order valence-electron chi connectivity index (χ0n) is 14.4. The summed E-state index contributed by atoms with van der Waals surface area (Å²) in [5, 5.41) is 3.10. The third kappa shape index (κ3) is 3.01. The van der Waals surface area contributed by atoms with Gasteiger partial charge in [0.15, 0.2) is 0 Å². The topological polar surface area (TPSA) is 66.5 Å². The molecule has 0 aromatic heterocycles. The van der Waals surface area contributed by atoms with E-state index in [1.165, 1.54) is 16.0 Å². The van der Waals surface area contributed by atoms with Gasteiger partial charge in [-0.3, -0.25) is 19.3 Å². The van der Waals surface area contributed by atoms with Gasteiger partial charge in [0.1, 0.15) is 0 Å². The Hall–Kier alpha value is -2.95. The molecule has 0 saturated carbocycles. The molecule has 0 spiro atoms.